The van der Waals surface area contributed by atoms with Crippen LogP contribution < -0.4 is 14.5 Å². The van der Waals surface area contributed by atoms with Crippen LogP contribution in [0.15, 0.2) is 53.4 Å². The van der Waals surface area contributed by atoms with Gasteiger partial charge in [0.1, 0.15) is 5.75 Å². The third-order valence-corrected chi connectivity index (χ3v) is 5.83. The average Bonchev–Trinajstić information content (AvgIpc) is 3.10. The van der Waals surface area contributed by atoms with E-state index >= 15 is 0 Å². The molecule has 1 saturated heterocycles. The molecule has 136 valence electrons. The first-order chi connectivity index (χ1) is 13.0. The highest BCUT2D eigenvalue weighted by Crippen LogP contribution is 2.45. The number of thioether (sulfide) groups is 1. The number of hydrogen-bond donors (Lipinski definition) is 0. The Morgan fingerprint density at radius 2 is 1.74 bits per heavy atom. The molecule has 5 nitrogen and oxygen atoms in total. The molecule has 0 N–H and O–H groups in total. The van der Waals surface area contributed by atoms with Crippen LogP contribution in [0, 0.1) is 0 Å². The molecule has 2 aromatic carbocycles. The second-order valence-corrected chi connectivity index (χ2v) is 7.67. The smallest absolute Gasteiger partial charge is 0.271 e. The lowest BCUT2D eigenvalue weighted by molar-refractivity contribution is -0.115. The normalized spacial score (nSPS) is 19.1. The number of anilines is 2. The number of carbonyl (C=O) groups excluding carboxylic acids is 2. The highest BCUT2D eigenvalue weighted by Gasteiger charge is 2.41. The van der Waals surface area contributed by atoms with Crippen molar-refractivity contribution in [2.24, 2.45) is 0 Å². The Hall–Kier alpha value is -2.64. The standard InChI is InChI=1S/C20H16N2O3S2/c1-3-25-13-10-8-12(9-11-13)22-19(24)17(27-20(22)26)16-14-6-4-5-7-15(14)21(2)18(16)23/h4-11H,3H2,1-2H3. The second-order valence-electron chi connectivity index (χ2n) is 6.02. The summed E-state index contributed by atoms with van der Waals surface area (Å²) in [6.45, 7) is 2.48. The zero-order valence-electron chi connectivity index (χ0n) is 14.8. The van der Waals surface area contributed by atoms with Crippen molar-refractivity contribution < 1.29 is 14.3 Å². The minimum atomic E-state index is -0.275. The zero-order valence-corrected chi connectivity index (χ0v) is 16.4. The van der Waals surface area contributed by atoms with Gasteiger partial charge in [-0.2, -0.15) is 0 Å². The quantitative estimate of drug-likeness (QED) is 0.583. The van der Waals surface area contributed by atoms with E-state index in [1.807, 2.05) is 31.2 Å². The molecule has 0 unspecified atom stereocenters. The van der Waals surface area contributed by atoms with Gasteiger partial charge < -0.3 is 9.64 Å². The molecule has 4 rings (SSSR count). The van der Waals surface area contributed by atoms with E-state index in [9.17, 15) is 9.59 Å². The van der Waals surface area contributed by atoms with Gasteiger partial charge in [0.2, 0.25) is 0 Å². The summed E-state index contributed by atoms with van der Waals surface area (Å²) in [5.74, 6) is 0.262. The van der Waals surface area contributed by atoms with Crippen LogP contribution in [-0.2, 0) is 9.59 Å². The third-order valence-electron chi connectivity index (χ3n) is 4.46. The van der Waals surface area contributed by atoms with Crippen LogP contribution in [0.3, 0.4) is 0 Å². The van der Waals surface area contributed by atoms with Gasteiger partial charge in [-0.05, 0) is 37.3 Å². The molecule has 0 saturated carbocycles. The van der Waals surface area contributed by atoms with E-state index in [4.69, 9.17) is 17.0 Å². The lowest BCUT2D eigenvalue weighted by atomic mass is 10.1. The summed E-state index contributed by atoms with van der Waals surface area (Å²) in [5, 5.41) is 0. The summed E-state index contributed by atoms with van der Waals surface area (Å²) in [6.07, 6.45) is 0. The molecule has 0 aromatic heterocycles. The SMILES string of the molecule is CCOc1ccc(N2C(=O)C(=C3C(=O)N(C)c4ccccc43)SC2=S)cc1. The summed E-state index contributed by atoms with van der Waals surface area (Å²) < 4.78 is 5.85. The average molecular weight is 396 g/mol. The first-order valence-electron chi connectivity index (χ1n) is 8.43. The number of para-hydroxylation sites is 1. The highest BCUT2D eigenvalue weighted by molar-refractivity contribution is 8.27. The topological polar surface area (TPSA) is 49.9 Å². The number of fused-ring (bicyclic) bond motifs is 1. The molecule has 0 spiro atoms. The molecule has 2 aromatic rings. The molecule has 0 atom stereocenters. The molecule has 2 aliphatic heterocycles. The number of nitrogens with zero attached hydrogens (tertiary/aromatic N) is 2. The molecule has 2 aliphatic rings. The number of amides is 2. The molecule has 0 bridgehead atoms. The van der Waals surface area contributed by atoms with Gasteiger partial charge in [-0.15, -0.1) is 0 Å². The molecule has 27 heavy (non-hydrogen) atoms. The van der Waals surface area contributed by atoms with Gasteiger partial charge in [-0.3, -0.25) is 14.5 Å². The Labute approximate surface area is 166 Å². The fourth-order valence-corrected chi connectivity index (χ4v) is 4.56. The van der Waals surface area contributed by atoms with Crippen LogP contribution in [0.2, 0.25) is 0 Å². The fourth-order valence-electron chi connectivity index (χ4n) is 3.19. The van der Waals surface area contributed by atoms with Crippen molar-refractivity contribution in [1.29, 1.82) is 0 Å². The van der Waals surface area contributed by atoms with E-state index in [1.54, 1.807) is 36.2 Å². The van der Waals surface area contributed by atoms with Crippen LogP contribution in [0.4, 0.5) is 11.4 Å². The molecular weight excluding hydrogens is 380 g/mol. The molecule has 0 aliphatic carbocycles. The van der Waals surface area contributed by atoms with Gasteiger partial charge in [-0.25, -0.2) is 0 Å². The van der Waals surface area contributed by atoms with E-state index in [0.29, 0.717) is 27.1 Å². The third kappa shape index (κ3) is 2.83. The molecule has 2 heterocycles. The van der Waals surface area contributed by atoms with Crippen LogP contribution in [0.5, 0.6) is 5.75 Å². The van der Waals surface area contributed by atoms with Crippen molar-refractivity contribution >= 4 is 57.1 Å². The molecule has 0 radical (unpaired) electrons. The van der Waals surface area contributed by atoms with Crippen molar-refractivity contribution in [3.8, 4) is 5.75 Å². The largest absolute Gasteiger partial charge is 0.494 e. The number of benzene rings is 2. The Bertz CT molecular complexity index is 999. The lowest BCUT2D eigenvalue weighted by Gasteiger charge is -2.15. The zero-order chi connectivity index (χ0) is 19.1. The minimum absolute atomic E-state index is 0.191. The van der Waals surface area contributed by atoms with Gasteiger partial charge in [0.25, 0.3) is 11.8 Å². The van der Waals surface area contributed by atoms with E-state index < -0.39 is 0 Å². The maximum Gasteiger partial charge on any atom is 0.271 e. The number of likely N-dealkylation sites (N-methyl/N-ethyl adjacent to an activating group) is 1. The molecule has 2 amide bonds. The van der Waals surface area contributed by atoms with Gasteiger partial charge in [0.05, 0.1) is 28.5 Å². The van der Waals surface area contributed by atoms with Crippen LogP contribution >= 0.6 is 24.0 Å². The Kier molecular flexibility index (Phi) is 4.49. The number of thiocarbonyl (C=S) groups is 1. The van der Waals surface area contributed by atoms with E-state index in [1.165, 1.54) is 16.7 Å². The first-order valence-corrected chi connectivity index (χ1v) is 9.66. The number of carbonyl (C=O) groups is 2. The second kappa shape index (κ2) is 6.83. The van der Waals surface area contributed by atoms with Gasteiger partial charge in [0.15, 0.2) is 4.32 Å². The van der Waals surface area contributed by atoms with Gasteiger partial charge >= 0.3 is 0 Å². The molecule has 7 heteroatoms. The maximum absolute atomic E-state index is 13.1. The molecular formula is C20H16N2O3S2. The number of rotatable bonds is 3. The van der Waals surface area contributed by atoms with Crippen molar-refractivity contribution in [1.82, 2.24) is 0 Å². The monoisotopic (exact) mass is 396 g/mol. The first kappa shape index (κ1) is 17.8. The lowest BCUT2D eigenvalue weighted by Crippen LogP contribution is -2.28. The van der Waals surface area contributed by atoms with E-state index in [2.05, 4.69) is 0 Å². The number of ether oxygens (including phenoxy) is 1. The fraction of sp³-hybridized carbons (Fsp3) is 0.150. The maximum atomic E-state index is 13.1. The predicted octanol–water partition coefficient (Wildman–Crippen LogP) is 3.84. The van der Waals surface area contributed by atoms with Crippen LogP contribution in [-0.4, -0.2) is 29.8 Å². The summed E-state index contributed by atoms with van der Waals surface area (Å²) in [4.78, 5) is 29.3. The van der Waals surface area contributed by atoms with Crippen molar-refractivity contribution in [2.45, 2.75) is 6.92 Å². The van der Waals surface area contributed by atoms with Gasteiger partial charge in [0, 0.05) is 12.6 Å². The van der Waals surface area contributed by atoms with Crippen molar-refractivity contribution in [3.05, 3.63) is 59.0 Å². The Morgan fingerprint density at radius 1 is 1.04 bits per heavy atom. The van der Waals surface area contributed by atoms with Crippen LogP contribution in [0.1, 0.15) is 12.5 Å². The summed E-state index contributed by atoms with van der Waals surface area (Å²) in [7, 11) is 1.71. The summed E-state index contributed by atoms with van der Waals surface area (Å²) in [5.41, 5.74) is 2.63. The van der Waals surface area contributed by atoms with E-state index in [0.717, 1.165) is 17.0 Å². The summed E-state index contributed by atoms with van der Waals surface area (Å²) >= 11 is 6.61. The molecule has 1 fully saturated rings. The minimum Gasteiger partial charge on any atom is -0.494 e. The van der Waals surface area contributed by atoms with Gasteiger partial charge in [-0.1, -0.05) is 42.2 Å². The van der Waals surface area contributed by atoms with Crippen molar-refractivity contribution in [2.75, 3.05) is 23.5 Å². The highest BCUT2D eigenvalue weighted by atomic mass is 32.2. The Balaban J connectivity index is 1.75. The number of hydrogen-bond acceptors (Lipinski definition) is 5. The predicted molar refractivity (Wildman–Crippen MR) is 112 cm³/mol. The Morgan fingerprint density at radius 3 is 2.44 bits per heavy atom. The van der Waals surface area contributed by atoms with Crippen molar-refractivity contribution in [3.63, 3.8) is 0 Å². The summed E-state index contributed by atoms with van der Waals surface area (Å²) in [6, 6.07) is 14.6. The van der Waals surface area contributed by atoms with Crippen LogP contribution in [0.25, 0.3) is 5.57 Å². The van der Waals surface area contributed by atoms with E-state index in [-0.39, 0.29) is 11.8 Å².